The molecule has 66 valence electrons. The van der Waals surface area contributed by atoms with Gasteiger partial charge in [0.15, 0.2) is 0 Å². The van der Waals surface area contributed by atoms with Crippen LogP contribution < -0.4 is 5.73 Å². The van der Waals surface area contributed by atoms with Gasteiger partial charge in [-0.15, -0.1) is 0 Å². The topological polar surface area (TPSA) is 38.9 Å². The van der Waals surface area contributed by atoms with E-state index >= 15 is 0 Å². The fourth-order valence-corrected chi connectivity index (χ4v) is 1.87. The van der Waals surface area contributed by atoms with E-state index in [0.29, 0.717) is 0 Å². The molecular weight excluding hydrogens is 296 g/mol. The molecule has 0 unspecified atom stereocenters. The molecule has 1 aromatic heterocycles. The Kier molecular flexibility index (Phi) is 2.26. The summed E-state index contributed by atoms with van der Waals surface area (Å²) in [7, 11) is 0. The zero-order valence-electron chi connectivity index (χ0n) is 6.59. The number of aromatic nitrogens is 1. The average Bonchev–Trinajstić information content (AvgIpc) is 2.08. The smallest absolute Gasteiger partial charge is 0.106 e. The summed E-state index contributed by atoms with van der Waals surface area (Å²) >= 11 is 6.68. The van der Waals surface area contributed by atoms with Crippen molar-refractivity contribution in [1.82, 2.24) is 4.98 Å². The van der Waals surface area contributed by atoms with Crippen molar-refractivity contribution in [2.24, 2.45) is 0 Å². The predicted molar refractivity (Wildman–Crippen MR) is 61.6 cm³/mol. The summed E-state index contributed by atoms with van der Waals surface area (Å²) in [5.74, 6) is 0. The molecule has 1 heterocycles. The van der Waals surface area contributed by atoms with Crippen LogP contribution in [0.4, 0.5) is 5.69 Å². The van der Waals surface area contributed by atoms with Gasteiger partial charge in [-0.2, -0.15) is 0 Å². The minimum absolute atomic E-state index is 0.741. The van der Waals surface area contributed by atoms with Gasteiger partial charge in [0, 0.05) is 21.7 Å². The van der Waals surface area contributed by atoms with Gasteiger partial charge in [-0.3, -0.25) is 0 Å². The van der Waals surface area contributed by atoms with Crippen LogP contribution in [0, 0.1) is 0 Å². The third-order valence-electron chi connectivity index (χ3n) is 1.80. The number of fused-ring (bicyclic) bond motifs is 1. The Hall–Kier alpha value is -0.610. The van der Waals surface area contributed by atoms with Crippen LogP contribution in [0.2, 0.25) is 0 Å². The normalized spacial score (nSPS) is 10.6. The van der Waals surface area contributed by atoms with E-state index in [0.717, 1.165) is 25.5 Å². The van der Waals surface area contributed by atoms with Crippen molar-refractivity contribution in [3.8, 4) is 0 Å². The Bertz CT molecular complexity index is 468. The number of nitrogens with two attached hydrogens (primary N) is 1. The quantitative estimate of drug-likeness (QED) is 0.599. The summed E-state index contributed by atoms with van der Waals surface area (Å²) in [6.45, 7) is 0. The highest BCUT2D eigenvalue weighted by Crippen LogP contribution is 2.26. The molecule has 0 bridgehead atoms. The zero-order valence-corrected chi connectivity index (χ0v) is 9.76. The number of nitrogens with zero attached hydrogens (tertiary/aromatic N) is 1. The standard InChI is InChI=1S/C9H6Br2N2/c10-7-1-6-4-13-9(11)3-5(6)2-8(7)12/h1-4H,12H2. The maximum Gasteiger partial charge on any atom is 0.106 e. The third kappa shape index (κ3) is 1.69. The number of nitrogen functional groups attached to an aromatic ring is 1. The second kappa shape index (κ2) is 3.27. The molecule has 0 aliphatic rings. The Morgan fingerprint density at radius 2 is 1.85 bits per heavy atom. The van der Waals surface area contributed by atoms with Gasteiger partial charge in [0.25, 0.3) is 0 Å². The summed E-state index contributed by atoms with van der Waals surface area (Å²) in [5.41, 5.74) is 6.49. The van der Waals surface area contributed by atoms with E-state index in [2.05, 4.69) is 36.8 Å². The van der Waals surface area contributed by atoms with Crippen molar-refractivity contribution < 1.29 is 0 Å². The first-order chi connectivity index (χ1) is 6.16. The lowest BCUT2D eigenvalue weighted by Crippen LogP contribution is -1.87. The van der Waals surface area contributed by atoms with Gasteiger partial charge >= 0.3 is 0 Å². The molecule has 0 saturated carbocycles. The molecular formula is C9H6Br2N2. The summed E-state index contributed by atoms with van der Waals surface area (Å²) in [6.07, 6.45) is 1.81. The van der Waals surface area contributed by atoms with Crippen molar-refractivity contribution in [1.29, 1.82) is 0 Å². The Morgan fingerprint density at radius 3 is 2.62 bits per heavy atom. The maximum absolute atomic E-state index is 5.75. The Labute approximate surface area is 92.4 Å². The second-order valence-corrected chi connectivity index (χ2v) is 4.39. The summed E-state index contributed by atoms with van der Waals surface area (Å²) in [5, 5.41) is 2.16. The molecule has 0 aliphatic carbocycles. The van der Waals surface area contributed by atoms with E-state index in [9.17, 15) is 0 Å². The number of halogens is 2. The molecule has 2 N–H and O–H groups in total. The van der Waals surface area contributed by atoms with Gasteiger partial charge in [0.1, 0.15) is 4.60 Å². The summed E-state index contributed by atoms with van der Waals surface area (Å²) in [4.78, 5) is 4.13. The van der Waals surface area contributed by atoms with E-state index < -0.39 is 0 Å². The monoisotopic (exact) mass is 300 g/mol. The number of hydrogen-bond donors (Lipinski definition) is 1. The van der Waals surface area contributed by atoms with Gasteiger partial charge in [-0.25, -0.2) is 4.98 Å². The van der Waals surface area contributed by atoms with E-state index in [1.807, 2.05) is 24.4 Å². The van der Waals surface area contributed by atoms with Crippen molar-refractivity contribution in [3.05, 3.63) is 33.5 Å². The Morgan fingerprint density at radius 1 is 1.08 bits per heavy atom. The summed E-state index contributed by atoms with van der Waals surface area (Å²) < 4.78 is 1.73. The van der Waals surface area contributed by atoms with Crippen LogP contribution >= 0.6 is 31.9 Å². The highest BCUT2D eigenvalue weighted by atomic mass is 79.9. The van der Waals surface area contributed by atoms with Crippen LogP contribution in [-0.4, -0.2) is 4.98 Å². The molecule has 0 atom stereocenters. The van der Waals surface area contributed by atoms with E-state index in [1.165, 1.54) is 0 Å². The maximum atomic E-state index is 5.75. The SMILES string of the molecule is Nc1cc2cc(Br)ncc2cc1Br. The van der Waals surface area contributed by atoms with Crippen LogP contribution in [0.3, 0.4) is 0 Å². The van der Waals surface area contributed by atoms with Gasteiger partial charge in [0.2, 0.25) is 0 Å². The number of hydrogen-bond acceptors (Lipinski definition) is 2. The predicted octanol–water partition coefficient (Wildman–Crippen LogP) is 3.34. The third-order valence-corrected chi connectivity index (χ3v) is 2.92. The molecule has 2 rings (SSSR count). The van der Waals surface area contributed by atoms with Crippen LogP contribution in [0.5, 0.6) is 0 Å². The second-order valence-electron chi connectivity index (χ2n) is 2.73. The first-order valence-corrected chi connectivity index (χ1v) is 5.26. The van der Waals surface area contributed by atoms with E-state index in [1.54, 1.807) is 0 Å². The molecule has 0 radical (unpaired) electrons. The lowest BCUT2D eigenvalue weighted by atomic mass is 10.2. The molecule has 0 saturated heterocycles. The zero-order chi connectivity index (χ0) is 9.42. The number of rotatable bonds is 0. The molecule has 0 spiro atoms. The minimum Gasteiger partial charge on any atom is -0.398 e. The highest BCUT2D eigenvalue weighted by molar-refractivity contribution is 9.10. The van der Waals surface area contributed by atoms with Crippen LogP contribution in [0.1, 0.15) is 0 Å². The Balaban J connectivity index is 2.81. The first kappa shape index (κ1) is 8.97. The summed E-state index contributed by atoms with van der Waals surface area (Å²) in [6, 6.07) is 5.83. The van der Waals surface area contributed by atoms with Crippen molar-refractivity contribution >= 4 is 48.3 Å². The molecule has 2 nitrogen and oxygen atoms in total. The van der Waals surface area contributed by atoms with Gasteiger partial charge in [0.05, 0.1) is 0 Å². The molecule has 2 aromatic rings. The molecule has 0 amide bonds. The molecule has 13 heavy (non-hydrogen) atoms. The lowest BCUT2D eigenvalue weighted by molar-refractivity contribution is 1.31. The number of anilines is 1. The molecule has 1 aromatic carbocycles. The number of benzene rings is 1. The van der Waals surface area contributed by atoms with Gasteiger partial charge in [-0.05, 0) is 55.4 Å². The van der Waals surface area contributed by atoms with E-state index in [-0.39, 0.29) is 0 Å². The average molecular weight is 302 g/mol. The van der Waals surface area contributed by atoms with Crippen molar-refractivity contribution in [2.45, 2.75) is 0 Å². The fourth-order valence-electron chi connectivity index (χ4n) is 1.16. The van der Waals surface area contributed by atoms with Crippen molar-refractivity contribution in [3.63, 3.8) is 0 Å². The lowest BCUT2D eigenvalue weighted by Gasteiger charge is -2.02. The van der Waals surface area contributed by atoms with Crippen LogP contribution in [-0.2, 0) is 0 Å². The fraction of sp³-hybridized carbons (Fsp3) is 0. The first-order valence-electron chi connectivity index (χ1n) is 3.67. The minimum atomic E-state index is 0.741. The van der Waals surface area contributed by atoms with E-state index in [4.69, 9.17) is 5.73 Å². The molecule has 0 fully saturated rings. The largest absolute Gasteiger partial charge is 0.398 e. The van der Waals surface area contributed by atoms with Gasteiger partial charge < -0.3 is 5.73 Å². The van der Waals surface area contributed by atoms with Crippen LogP contribution in [0.15, 0.2) is 33.5 Å². The van der Waals surface area contributed by atoms with Gasteiger partial charge in [-0.1, -0.05) is 0 Å². The van der Waals surface area contributed by atoms with Crippen molar-refractivity contribution in [2.75, 3.05) is 5.73 Å². The number of pyridine rings is 1. The molecule has 4 heteroatoms. The highest BCUT2D eigenvalue weighted by Gasteiger charge is 2.00. The van der Waals surface area contributed by atoms with Crippen LogP contribution in [0.25, 0.3) is 10.8 Å². The molecule has 0 aliphatic heterocycles.